The summed E-state index contributed by atoms with van der Waals surface area (Å²) in [5, 5.41) is 6.01. The lowest BCUT2D eigenvalue weighted by Crippen LogP contribution is -2.43. The van der Waals surface area contributed by atoms with Crippen molar-refractivity contribution in [2.24, 2.45) is 0 Å². The number of ether oxygens (including phenoxy) is 1. The molecule has 2 aromatic heterocycles. The number of nitrogens with one attached hydrogen (secondary N) is 1. The van der Waals surface area contributed by atoms with Crippen LogP contribution in [0.4, 0.5) is 0 Å². The third kappa shape index (κ3) is 2.95. The van der Waals surface area contributed by atoms with Crippen molar-refractivity contribution in [2.45, 2.75) is 6.10 Å². The third-order valence-electron chi connectivity index (χ3n) is 3.16. The van der Waals surface area contributed by atoms with Gasteiger partial charge in [-0.15, -0.1) is 0 Å². The Labute approximate surface area is 119 Å². The standard InChI is InChI=1S/C13H13N5O3/c19-12-2-1-9(16-17-12)13(20)18-5-6-21-11(8-18)10-7-14-3-4-15-10/h1-4,7,11H,5-6,8H2,(H,17,19)/t11-/m0/s1. The summed E-state index contributed by atoms with van der Waals surface area (Å²) < 4.78 is 5.62. The fourth-order valence-electron chi connectivity index (χ4n) is 2.12. The van der Waals surface area contributed by atoms with Crippen molar-refractivity contribution in [3.63, 3.8) is 0 Å². The second kappa shape index (κ2) is 5.80. The molecular formula is C13H13N5O3. The summed E-state index contributed by atoms with van der Waals surface area (Å²) in [5.41, 5.74) is 0.546. The molecule has 8 heteroatoms. The molecule has 0 aromatic carbocycles. The number of H-pyrrole nitrogens is 1. The zero-order valence-corrected chi connectivity index (χ0v) is 11.1. The van der Waals surface area contributed by atoms with E-state index in [2.05, 4.69) is 20.2 Å². The molecule has 0 unspecified atom stereocenters. The fraction of sp³-hybridized carbons (Fsp3) is 0.308. The molecule has 1 saturated heterocycles. The van der Waals surface area contributed by atoms with E-state index >= 15 is 0 Å². The molecule has 1 aliphatic rings. The highest BCUT2D eigenvalue weighted by Gasteiger charge is 2.27. The molecule has 0 radical (unpaired) electrons. The first-order valence-corrected chi connectivity index (χ1v) is 6.46. The van der Waals surface area contributed by atoms with E-state index in [-0.39, 0.29) is 23.3 Å². The van der Waals surface area contributed by atoms with Crippen molar-refractivity contribution in [3.05, 3.63) is 52.5 Å². The molecule has 0 spiro atoms. The monoisotopic (exact) mass is 287 g/mol. The number of rotatable bonds is 2. The number of aromatic amines is 1. The molecule has 0 bridgehead atoms. The van der Waals surface area contributed by atoms with Crippen LogP contribution in [0.1, 0.15) is 22.3 Å². The highest BCUT2D eigenvalue weighted by Crippen LogP contribution is 2.20. The SMILES string of the molecule is O=C(c1ccc(=O)[nH]n1)N1CCO[C@H](c2cnccn2)C1. The first-order valence-electron chi connectivity index (χ1n) is 6.46. The average molecular weight is 287 g/mol. The highest BCUT2D eigenvalue weighted by molar-refractivity contribution is 5.92. The number of morpholine rings is 1. The van der Waals surface area contributed by atoms with Crippen molar-refractivity contribution < 1.29 is 9.53 Å². The molecule has 108 valence electrons. The maximum atomic E-state index is 12.3. The largest absolute Gasteiger partial charge is 0.368 e. The smallest absolute Gasteiger partial charge is 0.274 e. The summed E-state index contributed by atoms with van der Waals surface area (Å²) >= 11 is 0. The first kappa shape index (κ1) is 13.4. The predicted octanol–water partition coefficient (Wildman–Crippen LogP) is -0.226. The minimum absolute atomic E-state index is 0.203. The Kier molecular flexibility index (Phi) is 3.69. The van der Waals surface area contributed by atoms with E-state index in [4.69, 9.17) is 4.74 Å². The van der Waals surface area contributed by atoms with Crippen molar-refractivity contribution in [2.75, 3.05) is 19.7 Å². The van der Waals surface area contributed by atoms with Gasteiger partial charge in [-0.1, -0.05) is 0 Å². The van der Waals surface area contributed by atoms with Gasteiger partial charge in [-0.05, 0) is 6.07 Å². The van der Waals surface area contributed by atoms with Gasteiger partial charge < -0.3 is 9.64 Å². The third-order valence-corrected chi connectivity index (χ3v) is 3.16. The second-order valence-electron chi connectivity index (χ2n) is 4.55. The van der Waals surface area contributed by atoms with E-state index in [1.54, 1.807) is 23.5 Å². The molecule has 1 fully saturated rings. The van der Waals surface area contributed by atoms with Crippen LogP contribution in [0.15, 0.2) is 35.5 Å². The Morgan fingerprint density at radius 3 is 3.00 bits per heavy atom. The van der Waals surface area contributed by atoms with Crippen LogP contribution < -0.4 is 5.56 Å². The van der Waals surface area contributed by atoms with Gasteiger partial charge in [-0.25, -0.2) is 5.10 Å². The summed E-state index contributed by atoms with van der Waals surface area (Å²) in [6.07, 6.45) is 4.48. The van der Waals surface area contributed by atoms with E-state index in [0.29, 0.717) is 25.4 Å². The van der Waals surface area contributed by atoms with Crippen LogP contribution in [0, 0.1) is 0 Å². The quantitative estimate of drug-likeness (QED) is 0.819. The Balaban J connectivity index is 1.75. The fourth-order valence-corrected chi connectivity index (χ4v) is 2.12. The molecular weight excluding hydrogens is 274 g/mol. The van der Waals surface area contributed by atoms with Gasteiger partial charge in [0, 0.05) is 25.0 Å². The molecule has 0 saturated carbocycles. The van der Waals surface area contributed by atoms with Crippen LogP contribution in [-0.4, -0.2) is 50.7 Å². The second-order valence-corrected chi connectivity index (χ2v) is 4.55. The van der Waals surface area contributed by atoms with Crippen molar-refractivity contribution in [1.29, 1.82) is 0 Å². The molecule has 3 heterocycles. The predicted molar refractivity (Wildman–Crippen MR) is 71.5 cm³/mol. The molecule has 1 N–H and O–H groups in total. The van der Waals surface area contributed by atoms with Crippen molar-refractivity contribution >= 4 is 5.91 Å². The lowest BCUT2D eigenvalue weighted by molar-refractivity contribution is -0.0251. The summed E-state index contributed by atoms with van der Waals surface area (Å²) in [4.78, 5) is 33.1. The van der Waals surface area contributed by atoms with Gasteiger partial charge in [0.1, 0.15) is 11.8 Å². The number of amides is 1. The number of hydrogen-bond donors (Lipinski definition) is 1. The van der Waals surface area contributed by atoms with Gasteiger partial charge in [-0.3, -0.25) is 19.6 Å². The molecule has 3 rings (SSSR count). The van der Waals surface area contributed by atoms with Crippen LogP contribution in [0.5, 0.6) is 0 Å². The maximum Gasteiger partial charge on any atom is 0.274 e. The van der Waals surface area contributed by atoms with E-state index in [1.165, 1.54) is 12.1 Å². The van der Waals surface area contributed by atoms with Crippen LogP contribution in [0.25, 0.3) is 0 Å². The topological polar surface area (TPSA) is 101 Å². The maximum absolute atomic E-state index is 12.3. The van der Waals surface area contributed by atoms with Crippen LogP contribution in [0.3, 0.4) is 0 Å². The van der Waals surface area contributed by atoms with Gasteiger partial charge in [0.2, 0.25) is 0 Å². The molecule has 1 aliphatic heterocycles. The van der Waals surface area contributed by atoms with E-state index in [1.807, 2.05) is 0 Å². The number of aromatic nitrogens is 4. The Hall–Kier alpha value is -2.61. The first-order chi connectivity index (χ1) is 10.2. The average Bonchev–Trinajstić information content (AvgIpc) is 2.56. The lowest BCUT2D eigenvalue weighted by Gasteiger charge is -2.32. The van der Waals surface area contributed by atoms with Gasteiger partial charge in [0.05, 0.1) is 25.0 Å². The summed E-state index contributed by atoms with van der Waals surface area (Å²) in [5.74, 6) is -0.247. The summed E-state index contributed by atoms with van der Waals surface area (Å²) in [6.45, 7) is 1.26. The zero-order chi connectivity index (χ0) is 14.7. The van der Waals surface area contributed by atoms with Gasteiger partial charge in [-0.2, -0.15) is 5.10 Å². The normalized spacial score (nSPS) is 18.5. The molecule has 1 amide bonds. The van der Waals surface area contributed by atoms with Gasteiger partial charge in [0.25, 0.3) is 11.5 Å². The number of hydrogen-bond acceptors (Lipinski definition) is 6. The minimum atomic E-state index is -0.342. The Bertz CT molecular complexity index is 667. The minimum Gasteiger partial charge on any atom is -0.368 e. The number of carbonyl (C=O) groups excluding carboxylic acids is 1. The molecule has 1 atom stereocenters. The van der Waals surface area contributed by atoms with E-state index in [9.17, 15) is 9.59 Å². The van der Waals surface area contributed by atoms with E-state index in [0.717, 1.165) is 0 Å². The summed E-state index contributed by atoms with van der Waals surface area (Å²) in [7, 11) is 0. The van der Waals surface area contributed by atoms with Crippen molar-refractivity contribution in [1.82, 2.24) is 25.1 Å². The summed E-state index contributed by atoms with van der Waals surface area (Å²) in [6, 6.07) is 2.69. The molecule has 2 aromatic rings. The van der Waals surface area contributed by atoms with Crippen molar-refractivity contribution in [3.8, 4) is 0 Å². The zero-order valence-electron chi connectivity index (χ0n) is 11.1. The highest BCUT2D eigenvalue weighted by atomic mass is 16.5. The van der Waals surface area contributed by atoms with Gasteiger partial charge in [0.15, 0.2) is 0 Å². The van der Waals surface area contributed by atoms with Crippen LogP contribution in [0.2, 0.25) is 0 Å². The van der Waals surface area contributed by atoms with E-state index < -0.39 is 0 Å². The molecule has 0 aliphatic carbocycles. The van der Waals surface area contributed by atoms with Crippen LogP contribution in [-0.2, 0) is 4.74 Å². The molecule has 8 nitrogen and oxygen atoms in total. The Morgan fingerprint density at radius 1 is 1.38 bits per heavy atom. The Morgan fingerprint density at radius 2 is 2.29 bits per heavy atom. The number of carbonyl (C=O) groups is 1. The lowest BCUT2D eigenvalue weighted by atomic mass is 10.2. The van der Waals surface area contributed by atoms with Gasteiger partial charge >= 0.3 is 0 Å². The van der Waals surface area contributed by atoms with Crippen LogP contribution >= 0.6 is 0 Å². The number of nitrogens with zero attached hydrogens (tertiary/aromatic N) is 4. The molecule has 21 heavy (non-hydrogen) atoms.